The molecule has 5 heteroatoms. The SMILES string of the molecule is Cc1ccc(Cn2c(CCl)nc3cc(I)ccc32)cn1. The Bertz CT molecular complexity index is 750. The number of hydrogen-bond donors (Lipinski definition) is 0. The second kappa shape index (κ2) is 5.69. The largest absolute Gasteiger partial charge is 0.322 e. The van der Waals surface area contributed by atoms with Crippen LogP contribution in [0.4, 0.5) is 0 Å². The van der Waals surface area contributed by atoms with E-state index in [2.05, 4.69) is 61.4 Å². The van der Waals surface area contributed by atoms with Gasteiger partial charge in [0.2, 0.25) is 0 Å². The number of halogens is 2. The Morgan fingerprint density at radius 1 is 1.25 bits per heavy atom. The number of aryl methyl sites for hydroxylation is 1. The number of aromatic nitrogens is 3. The molecule has 0 N–H and O–H groups in total. The van der Waals surface area contributed by atoms with Gasteiger partial charge in [-0.15, -0.1) is 11.6 Å². The fraction of sp³-hybridized carbons (Fsp3) is 0.200. The molecule has 0 saturated heterocycles. The van der Waals surface area contributed by atoms with Crippen molar-refractivity contribution in [2.75, 3.05) is 0 Å². The molecule has 0 amide bonds. The van der Waals surface area contributed by atoms with E-state index >= 15 is 0 Å². The number of hydrogen-bond acceptors (Lipinski definition) is 2. The zero-order valence-corrected chi connectivity index (χ0v) is 13.9. The van der Waals surface area contributed by atoms with Crippen molar-refractivity contribution in [3.05, 3.63) is 57.2 Å². The summed E-state index contributed by atoms with van der Waals surface area (Å²) < 4.78 is 3.34. The van der Waals surface area contributed by atoms with Crippen LogP contribution in [0.2, 0.25) is 0 Å². The van der Waals surface area contributed by atoms with Crippen molar-refractivity contribution in [1.29, 1.82) is 0 Å². The van der Waals surface area contributed by atoms with E-state index in [-0.39, 0.29) is 0 Å². The molecule has 102 valence electrons. The maximum absolute atomic E-state index is 6.03. The second-order valence-corrected chi connectivity index (χ2v) is 6.20. The van der Waals surface area contributed by atoms with Gasteiger partial charge in [-0.3, -0.25) is 4.98 Å². The fourth-order valence-corrected chi connectivity index (χ4v) is 2.88. The highest BCUT2D eigenvalue weighted by atomic mass is 127. The van der Waals surface area contributed by atoms with E-state index < -0.39 is 0 Å². The molecule has 2 aromatic heterocycles. The molecule has 0 aliphatic carbocycles. The van der Waals surface area contributed by atoms with Crippen LogP contribution in [0, 0.1) is 10.5 Å². The smallest absolute Gasteiger partial charge is 0.125 e. The van der Waals surface area contributed by atoms with Crippen LogP contribution in [0.1, 0.15) is 17.1 Å². The zero-order valence-electron chi connectivity index (χ0n) is 11.0. The molecule has 3 aromatic rings. The summed E-state index contributed by atoms with van der Waals surface area (Å²) >= 11 is 8.33. The van der Waals surface area contributed by atoms with Crippen molar-refractivity contribution in [1.82, 2.24) is 14.5 Å². The van der Waals surface area contributed by atoms with Crippen LogP contribution in [0.5, 0.6) is 0 Å². The quantitative estimate of drug-likeness (QED) is 0.491. The molecule has 0 atom stereocenters. The Kier molecular flexibility index (Phi) is 3.94. The van der Waals surface area contributed by atoms with Crippen LogP contribution in [0.15, 0.2) is 36.5 Å². The Hall–Kier alpha value is -1.14. The zero-order chi connectivity index (χ0) is 14.1. The van der Waals surface area contributed by atoms with Gasteiger partial charge < -0.3 is 4.57 Å². The number of benzene rings is 1. The predicted molar refractivity (Wildman–Crippen MR) is 90.1 cm³/mol. The minimum Gasteiger partial charge on any atom is -0.322 e. The lowest BCUT2D eigenvalue weighted by atomic mass is 10.2. The third kappa shape index (κ3) is 2.67. The van der Waals surface area contributed by atoms with E-state index in [1.807, 2.05) is 19.2 Å². The van der Waals surface area contributed by atoms with Gasteiger partial charge in [-0.1, -0.05) is 6.07 Å². The summed E-state index contributed by atoms with van der Waals surface area (Å²) in [5.74, 6) is 1.30. The van der Waals surface area contributed by atoms with E-state index in [4.69, 9.17) is 11.6 Å². The van der Waals surface area contributed by atoms with E-state index in [1.165, 1.54) is 3.57 Å². The molecule has 0 fully saturated rings. The maximum Gasteiger partial charge on any atom is 0.125 e. The molecular formula is C15H13ClIN3. The molecule has 0 bridgehead atoms. The van der Waals surface area contributed by atoms with Crippen LogP contribution < -0.4 is 0 Å². The van der Waals surface area contributed by atoms with Gasteiger partial charge in [0, 0.05) is 15.5 Å². The number of imidazole rings is 1. The average Bonchev–Trinajstić information content (AvgIpc) is 2.78. The van der Waals surface area contributed by atoms with Gasteiger partial charge in [0.05, 0.1) is 23.5 Å². The lowest BCUT2D eigenvalue weighted by Crippen LogP contribution is -2.04. The molecule has 0 radical (unpaired) electrons. The van der Waals surface area contributed by atoms with Gasteiger partial charge >= 0.3 is 0 Å². The van der Waals surface area contributed by atoms with Crippen LogP contribution in [-0.4, -0.2) is 14.5 Å². The molecule has 20 heavy (non-hydrogen) atoms. The molecule has 0 aliphatic rings. The summed E-state index contributed by atoms with van der Waals surface area (Å²) in [6.45, 7) is 2.73. The molecule has 0 unspecified atom stereocenters. The number of nitrogens with zero attached hydrogens (tertiary/aromatic N) is 3. The van der Waals surface area contributed by atoms with E-state index in [0.29, 0.717) is 5.88 Å². The molecule has 0 spiro atoms. The van der Waals surface area contributed by atoms with Gasteiger partial charge in [-0.05, 0) is 59.3 Å². The first kappa shape index (κ1) is 13.8. The highest BCUT2D eigenvalue weighted by Crippen LogP contribution is 2.21. The first-order valence-electron chi connectivity index (χ1n) is 6.29. The van der Waals surface area contributed by atoms with E-state index in [0.717, 1.165) is 34.7 Å². The highest BCUT2D eigenvalue weighted by Gasteiger charge is 2.10. The third-order valence-corrected chi connectivity index (χ3v) is 4.13. The van der Waals surface area contributed by atoms with Crippen molar-refractivity contribution in [3.8, 4) is 0 Å². The number of alkyl halides is 1. The maximum atomic E-state index is 6.03. The highest BCUT2D eigenvalue weighted by molar-refractivity contribution is 14.1. The van der Waals surface area contributed by atoms with Crippen LogP contribution in [-0.2, 0) is 12.4 Å². The Balaban J connectivity index is 2.07. The summed E-state index contributed by atoms with van der Waals surface area (Å²) in [7, 11) is 0. The average molecular weight is 398 g/mol. The normalized spacial score (nSPS) is 11.2. The lowest BCUT2D eigenvalue weighted by Gasteiger charge is -2.08. The topological polar surface area (TPSA) is 30.7 Å². The number of pyridine rings is 1. The molecule has 3 nitrogen and oxygen atoms in total. The fourth-order valence-electron chi connectivity index (χ4n) is 2.21. The van der Waals surface area contributed by atoms with E-state index in [9.17, 15) is 0 Å². The first-order valence-corrected chi connectivity index (χ1v) is 7.91. The summed E-state index contributed by atoms with van der Waals surface area (Å²) in [6.07, 6.45) is 1.91. The van der Waals surface area contributed by atoms with Gasteiger partial charge in [0.1, 0.15) is 5.82 Å². The summed E-state index contributed by atoms with van der Waals surface area (Å²) in [5, 5.41) is 0. The van der Waals surface area contributed by atoms with Crippen LogP contribution in [0.3, 0.4) is 0 Å². The van der Waals surface area contributed by atoms with Crippen molar-refractivity contribution in [2.24, 2.45) is 0 Å². The standard InChI is InChI=1S/C15H13ClIN3/c1-10-2-3-11(8-18-10)9-20-14-5-4-12(17)6-13(14)19-15(20)7-16/h2-6,8H,7,9H2,1H3. The summed E-state index contributed by atoms with van der Waals surface area (Å²) in [6, 6.07) is 10.4. The van der Waals surface area contributed by atoms with Crippen molar-refractivity contribution in [3.63, 3.8) is 0 Å². The summed E-state index contributed by atoms with van der Waals surface area (Å²) in [4.78, 5) is 8.95. The lowest BCUT2D eigenvalue weighted by molar-refractivity contribution is 0.774. The minimum absolute atomic E-state index is 0.407. The van der Waals surface area contributed by atoms with Crippen molar-refractivity contribution < 1.29 is 0 Å². The number of fused-ring (bicyclic) bond motifs is 1. The second-order valence-electron chi connectivity index (χ2n) is 4.69. The van der Waals surface area contributed by atoms with Crippen molar-refractivity contribution >= 4 is 45.2 Å². The van der Waals surface area contributed by atoms with Crippen molar-refractivity contribution in [2.45, 2.75) is 19.3 Å². The molecule has 0 aliphatic heterocycles. The Morgan fingerprint density at radius 3 is 2.80 bits per heavy atom. The summed E-state index contributed by atoms with van der Waals surface area (Å²) in [5.41, 5.74) is 4.28. The molecule has 3 rings (SSSR count). The third-order valence-electron chi connectivity index (χ3n) is 3.22. The van der Waals surface area contributed by atoms with Crippen LogP contribution in [0.25, 0.3) is 11.0 Å². The predicted octanol–water partition coefficient (Wildman–Crippen LogP) is 4.13. The molecule has 0 saturated carbocycles. The Labute approximate surface area is 136 Å². The van der Waals surface area contributed by atoms with Gasteiger partial charge in [-0.2, -0.15) is 0 Å². The monoisotopic (exact) mass is 397 g/mol. The minimum atomic E-state index is 0.407. The molecule has 1 aromatic carbocycles. The molecule has 2 heterocycles. The van der Waals surface area contributed by atoms with Crippen LogP contribution >= 0.6 is 34.2 Å². The van der Waals surface area contributed by atoms with Gasteiger partial charge in [-0.25, -0.2) is 4.98 Å². The Morgan fingerprint density at radius 2 is 2.10 bits per heavy atom. The van der Waals surface area contributed by atoms with Gasteiger partial charge in [0.25, 0.3) is 0 Å². The van der Waals surface area contributed by atoms with Gasteiger partial charge in [0.15, 0.2) is 0 Å². The van der Waals surface area contributed by atoms with E-state index in [1.54, 1.807) is 0 Å². The molecular weight excluding hydrogens is 385 g/mol. The number of rotatable bonds is 3. The first-order chi connectivity index (χ1) is 9.67.